The largest absolute Gasteiger partial charge is 0.489 e. The zero-order chi connectivity index (χ0) is 21.3. The lowest BCUT2D eigenvalue weighted by molar-refractivity contribution is 0.0332. The summed E-state index contributed by atoms with van der Waals surface area (Å²) < 4.78 is 11.3. The van der Waals surface area contributed by atoms with E-state index in [1.807, 2.05) is 72.8 Å². The second kappa shape index (κ2) is 10.8. The maximum atomic E-state index is 13.0. The van der Waals surface area contributed by atoms with Gasteiger partial charge in [-0.15, -0.1) is 0 Å². The zero-order valence-electron chi connectivity index (χ0n) is 17.6. The van der Waals surface area contributed by atoms with Crippen LogP contribution in [0.2, 0.25) is 0 Å². The molecular weight excluding hydrogens is 388 g/mol. The lowest BCUT2D eigenvalue weighted by Gasteiger charge is -2.31. The average Bonchev–Trinajstić information content (AvgIpc) is 2.84. The normalized spacial score (nSPS) is 15.2. The van der Waals surface area contributed by atoms with Gasteiger partial charge in [-0.05, 0) is 35.4 Å². The molecule has 4 rings (SSSR count). The van der Waals surface area contributed by atoms with Crippen LogP contribution in [0, 0.1) is 0 Å². The van der Waals surface area contributed by atoms with Gasteiger partial charge in [-0.2, -0.15) is 0 Å². The second-order valence-electron chi connectivity index (χ2n) is 7.65. The molecule has 1 aliphatic rings. The fourth-order valence-electron chi connectivity index (χ4n) is 3.65. The van der Waals surface area contributed by atoms with E-state index in [2.05, 4.69) is 22.3 Å². The molecule has 1 fully saturated rings. The Morgan fingerprint density at radius 3 is 2.23 bits per heavy atom. The molecule has 0 saturated carbocycles. The highest BCUT2D eigenvalue weighted by Crippen LogP contribution is 2.18. The van der Waals surface area contributed by atoms with E-state index < -0.39 is 0 Å². The molecule has 1 atom stereocenters. The highest BCUT2D eigenvalue weighted by molar-refractivity contribution is 5.94. The van der Waals surface area contributed by atoms with Crippen molar-refractivity contribution in [1.29, 1.82) is 0 Å². The van der Waals surface area contributed by atoms with Crippen molar-refractivity contribution in [3.8, 4) is 5.75 Å². The van der Waals surface area contributed by atoms with Crippen molar-refractivity contribution in [2.75, 3.05) is 32.8 Å². The summed E-state index contributed by atoms with van der Waals surface area (Å²) in [5.41, 5.74) is 2.83. The number of hydrogen-bond donors (Lipinski definition) is 1. The Labute approximate surface area is 183 Å². The predicted octanol–water partition coefficient (Wildman–Crippen LogP) is 4.07. The summed E-state index contributed by atoms with van der Waals surface area (Å²) in [6.07, 6.45) is 0. The third kappa shape index (κ3) is 6.17. The fourth-order valence-corrected chi connectivity index (χ4v) is 3.65. The molecular formula is C26H28N2O3. The number of morpholine rings is 1. The van der Waals surface area contributed by atoms with Crippen LogP contribution in [0.15, 0.2) is 84.9 Å². The zero-order valence-corrected chi connectivity index (χ0v) is 17.6. The molecule has 0 spiro atoms. The Kier molecular flexibility index (Phi) is 7.32. The number of benzene rings is 3. The van der Waals surface area contributed by atoms with E-state index in [0.29, 0.717) is 12.2 Å². The van der Waals surface area contributed by atoms with E-state index in [9.17, 15) is 4.79 Å². The topological polar surface area (TPSA) is 50.8 Å². The highest BCUT2D eigenvalue weighted by Gasteiger charge is 2.20. The minimum atomic E-state index is -0.0864. The van der Waals surface area contributed by atoms with Crippen LogP contribution in [0.4, 0.5) is 0 Å². The average molecular weight is 417 g/mol. The van der Waals surface area contributed by atoms with Gasteiger partial charge >= 0.3 is 0 Å². The Hall–Kier alpha value is -3.15. The van der Waals surface area contributed by atoms with E-state index in [1.54, 1.807) is 0 Å². The molecule has 0 aromatic heterocycles. The standard InChI is InChI=1S/C26H28N2O3/c29-26(23-11-13-24(14-12-23)31-20-21-7-3-1-4-8-21)27-25(22-9-5-2-6-10-22)19-28-15-17-30-18-16-28/h1-14,25H,15-20H2,(H,27,29)/t25-/m0/s1. The number of amides is 1. The SMILES string of the molecule is O=C(N[C@@H](CN1CCOCC1)c1ccccc1)c1ccc(OCc2ccccc2)cc1. The summed E-state index contributed by atoms with van der Waals surface area (Å²) in [4.78, 5) is 15.3. The summed E-state index contributed by atoms with van der Waals surface area (Å²) in [6.45, 7) is 4.50. The molecule has 0 radical (unpaired) electrons. The van der Waals surface area contributed by atoms with Crippen LogP contribution < -0.4 is 10.1 Å². The van der Waals surface area contributed by atoms with Gasteiger partial charge in [0.1, 0.15) is 12.4 Å². The summed E-state index contributed by atoms with van der Waals surface area (Å²) >= 11 is 0. The number of hydrogen-bond acceptors (Lipinski definition) is 4. The van der Waals surface area contributed by atoms with E-state index in [-0.39, 0.29) is 11.9 Å². The van der Waals surface area contributed by atoms with E-state index in [0.717, 1.165) is 49.7 Å². The predicted molar refractivity (Wildman–Crippen MR) is 121 cm³/mol. The first-order chi connectivity index (χ1) is 15.3. The van der Waals surface area contributed by atoms with Crippen LogP contribution in [0.3, 0.4) is 0 Å². The van der Waals surface area contributed by atoms with Gasteiger partial charge in [0, 0.05) is 25.2 Å². The van der Waals surface area contributed by atoms with E-state index in [1.165, 1.54) is 0 Å². The number of ether oxygens (including phenoxy) is 2. The van der Waals surface area contributed by atoms with Crippen molar-refractivity contribution in [3.63, 3.8) is 0 Å². The van der Waals surface area contributed by atoms with Gasteiger partial charge in [-0.1, -0.05) is 60.7 Å². The quantitative estimate of drug-likeness (QED) is 0.602. The number of nitrogens with zero attached hydrogens (tertiary/aromatic N) is 1. The molecule has 0 bridgehead atoms. The third-order valence-electron chi connectivity index (χ3n) is 5.42. The van der Waals surface area contributed by atoms with Crippen molar-refractivity contribution in [2.24, 2.45) is 0 Å². The van der Waals surface area contributed by atoms with E-state index in [4.69, 9.17) is 9.47 Å². The van der Waals surface area contributed by atoms with Crippen molar-refractivity contribution in [3.05, 3.63) is 102 Å². The van der Waals surface area contributed by atoms with Crippen LogP contribution in [-0.4, -0.2) is 43.7 Å². The summed E-state index contributed by atoms with van der Waals surface area (Å²) in [6, 6.07) is 27.4. The number of nitrogens with one attached hydrogen (secondary N) is 1. The molecule has 0 unspecified atom stereocenters. The van der Waals surface area contributed by atoms with Crippen LogP contribution in [0.25, 0.3) is 0 Å². The molecule has 3 aromatic rings. The summed E-state index contributed by atoms with van der Waals surface area (Å²) in [5, 5.41) is 3.21. The number of rotatable bonds is 8. The number of carbonyl (C=O) groups excluding carboxylic acids is 1. The fraction of sp³-hybridized carbons (Fsp3) is 0.269. The Morgan fingerprint density at radius 1 is 0.903 bits per heavy atom. The molecule has 1 aliphatic heterocycles. The second-order valence-corrected chi connectivity index (χ2v) is 7.65. The third-order valence-corrected chi connectivity index (χ3v) is 5.42. The van der Waals surface area contributed by atoms with Gasteiger partial charge in [0.15, 0.2) is 0 Å². The van der Waals surface area contributed by atoms with Crippen LogP contribution in [-0.2, 0) is 11.3 Å². The maximum absolute atomic E-state index is 13.0. The summed E-state index contributed by atoms with van der Waals surface area (Å²) in [5.74, 6) is 0.657. The van der Waals surface area contributed by atoms with Crippen molar-refractivity contribution in [1.82, 2.24) is 10.2 Å². The lowest BCUT2D eigenvalue weighted by atomic mass is 10.1. The van der Waals surface area contributed by atoms with Crippen LogP contribution >= 0.6 is 0 Å². The molecule has 1 saturated heterocycles. The monoisotopic (exact) mass is 416 g/mol. The summed E-state index contributed by atoms with van der Waals surface area (Å²) in [7, 11) is 0. The molecule has 0 aliphatic carbocycles. The van der Waals surface area contributed by atoms with Gasteiger partial charge in [0.2, 0.25) is 0 Å². The first-order valence-electron chi connectivity index (χ1n) is 10.7. The minimum Gasteiger partial charge on any atom is -0.489 e. The molecule has 1 amide bonds. The van der Waals surface area contributed by atoms with Gasteiger partial charge in [-0.3, -0.25) is 9.69 Å². The van der Waals surface area contributed by atoms with Gasteiger partial charge < -0.3 is 14.8 Å². The van der Waals surface area contributed by atoms with Crippen LogP contribution in [0.1, 0.15) is 27.5 Å². The first kappa shape index (κ1) is 21.1. The molecule has 1 heterocycles. The van der Waals surface area contributed by atoms with Gasteiger partial charge in [0.05, 0.1) is 19.3 Å². The highest BCUT2D eigenvalue weighted by atomic mass is 16.5. The molecule has 1 N–H and O–H groups in total. The van der Waals surface area contributed by atoms with Crippen molar-refractivity contribution < 1.29 is 14.3 Å². The minimum absolute atomic E-state index is 0.0826. The Balaban J connectivity index is 1.39. The molecule has 31 heavy (non-hydrogen) atoms. The van der Waals surface area contributed by atoms with E-state index >= 15 is 0 Å². The molecule has 3 aromatic carbocycles. The Bertz CT molecular complexity index is 939. The molecule has 160 valence electrons. The molecule has 5 nitrogen and oxygen atoms in total. The van der Waals surface area contributed by atoms with Gasteiger partial charge in [0.25, 0.3) is 5.91 Å². The number of carbonyl (C=O) groups is 1. The van der Waals surface area contributed by atoms with Gasteiger partial charge in [-0.25, -0.2) is 0 Å². The van der Waals surface area contributed by atoms with Crippen molar-refractivity contribution >= 4 is 5.91 Å². The smallest absolute Gasteiger partial charge is 0.251 e. The Morgan fingerprint density at radius 2 is 1.55 bits per heavy atom. The maximum Gasteiger partial charge on any atom is 0.251 e. The van der Waals surface area contributed by atoms with Crippen LogP contribution in [0.5, 0.6) is 5.75 Å². The molecule has 5 heteroatoms. The van der Waals surface area contributed by atoms with Crippen molar-refractivity contribution in [2.45, 2.75) is 12.6 Å². The first-order valence-corrected chi connectivity index (χ1v) is 10.7. The lowest BCUT2D eigenvalue weighted by Crippen LogP contribution is -2.43.